The van der Waals surface area contributed by atoms with Crippen LogP contribution in [0.2, 0.25) is 0 Å². The summed E-state index contributed by atoms with van der Waals surface area (Å²) in [5, 5.41) is 32.5. The van der Waals surface area contributed by atoms with Gasteiger partial charge in [0.2, 0.25) is 0 Å². The standard InChI is InChI=1S/C51H90O7/c1-8-10-11-12-13-14-15-16-17-18-19-20-21-22-45(52)56-34-44-46(53)47(54)48(55)49(58-44)57-39-29-31-50(6)38(33-39)25-26-40-42-28-27-41(51(42,7)32-30-43(40)50)36(5)23-24-37(9-2)35(3)4/h25,35-37,39-44,46-49,53-55H,8-24,26-34H2,1-7H3/t36-,37-,39-,40+,41?,42+,43+,44-,46-,47+,48-,49-,50+,51-/m1/s1. The van der Waals surface area contributed by atoms with Crippen LogP contribution in [0.15, 0.2) is 11.6 Å². The normalized spacial score (nSPS) is 37.1. The molecule has 0 amide bonds. The highest BCUT2D eigenvalue weighted by Crippen LogP contribution is 2.67. The largest absolute Gasteiger partial charge is 0.463 e. The predicted octanol–water partition coefficient (Wildman–Crippen LogP) is 11.9. The van der Waals surface area contributed by atoms with Crippen molar-refractivity contribution in [2.75, 3.05) is 6.61 Å². The summed E-state index contributed by atoms with van der Waals surface area (Å²) >= 11 is 0. The van der Waals surface area contributed by atoms with Gasteiger partial charge in [-0.05, 0) is 116 Å². The third-order valence-electron chi connectivity index (χ3n) is 17.2. The van der Waals surface area contributed by atoms with Gasteiger partial charge < -0.3 is 29.5 Å². The molecule has 0 aromatic heterocycles. The molecule has 3 N–H and O–H groups in total. The number of unbranched alkanes of at least 4 members (excludes halogenated alkanes) is 12. The SMILES string of the molecule is CCCCCCCCCCCCCCCC(=O)OC[C@H]1O[C@@H](O[C@@H]2CC[C@@]3(C)C(=CC[C@@H]4[C@@H]3CC[C@]3(C)C([C@H](C)CC[C@@H](CC)C(C)C)CC[C@@H]43)C2)[C@H](O)[C@@H](O)[C@@H]1O. The Balaban J connectivity index is 1.04. The van der Waals surface area contributed by atoms with E-state index in [0.29, 0.717) is 17.8 Å². The Morgan fingerprint density at radius 2 is 1.45 bits per heavy atom. The smallest absolute Gasteiger partial charge is 0.305 e. The van der Waals surface area contributed by atoms with Crippen molar-refractivity contribution < 1.29 is 34.3 Å². The van der Waals surface area contributed by atoms with Crippen molar-refractivity contribution in [1.82, 2.24) is 0 Å². The number of allylic oxidation sites excluding steroid dienone is 1. The Morgan fingerprint density at radius 1 is 0.793 bits per heavy atom. The van der Waals surface area contributed by atoms with Crippen molar-refractivity contribution >= 4 is 5.97 Å². The van der Waals surface area contributed by atoms with E-state index in [0.717, 1.165) is 80.5 Å². The van der Waals surface area contributed by atoms with Crippen molar-refractivity contribution in [3.63, 3.8) is 0 Å². The molecule has 0 radical (unpaired) electrons. The molecule has 0 spiro atoms. The number of rotatable bonds is 24. The van der Waals surface area contributed by atoms with Crippen molar-refractivity contribution in [3.8, 4) is 0 Å². The molecule has 7 heteroatoms. The van der Waals surface area contributed by atoms with Crippen LogP contribution >= 0.6 is 0 Å². The van der Waals surface area contributed by atoms with E-state index in [9.17, 15) is 20.1 Å². The Kier molecular flexibility index (Phi) is 19.0. The van der Waals surface area contributed by atoms with Crippen LogP contribution in [-0.2, 0) is 19.0 Å². The Hall–Kier alpha value is -0.990. The molecule has 0 bridgehead atoms. The average molecular weight is 815 g/mol. The van der Waals surface area contributed by atoms with E-state index in [1.54, 1.807) is 0 Å². The lowest BCUT2D eigenvalue weighted by atomic mass is 9.47. The molecule has 14 atom stereocenters. The van der Waals surface area contributed by atoms with E-state index >= 15 is 0 Å². The molecule has 5 aliphatic rings. The van der Waals surface area contributed by atoms with Crippen LogP contribution in [0.1, 0.15) is 209 Å². The molecule has 1 aliphatic heterocycles. The number of hydrogen-bond donors (Lipinski definition) is 3. The van der Waals surface area contributed by atoms with E-state index in [4.69, 9.17) is 14.2 Å². The van der Waals surface area contributed by atoms with Crippen molar-refractivity contribution in [2.45, 2.75) is 246 Å². The monoisotopic (exact) mass is 815 g/mol. The number of carbonyl (C=O) groups excluding carboxylic acids is 1. The maximum atomic E-state index is 12.6. The number of hydrogen-bond acceptors (Lipinski definition) is 7. The van der Waals surface area contributed by atoms with Crippen molar-refractivity contribution in [2.24, 2.45) is 52.3 Å². The topological polar surface area (TPSA) is 105 Å². The van der Waals surface area contributed by atoms with Crippen LogP contribution in [0, 0.1) is 52.3 Å². The van der Waals surface area contributed by atoms with Gasteiger partial charge in [-0.1, -0.05) is 150 Å². The van der Waals surface area contributed by atoms with Gasteiger partial charge in [0.05, 0.1) is 6.10 Å². The number of aliphatic hydroxyl groups is 3. The molecular formula is C51H90O7. The fraction of sp³-hybridized carbons (Fsp3) is 0.941. The molecule has 1 heterocycles. The first-order chi connectivity index (χ1) is 27.8. The number of carbonyl (C=O) groups is 1. The summed E-state index contributed by atoms with van der Waals surface area (Å²) in [6, 6.07) is 0. The lowest BCUT2D eigenvalue weighted by Crippen LogP contribution is -2.60. The van der Waals surface area contributed by atoms with Crippen LogP contribution in [0.25, 0.3) is 0 Å². The van der Waals surface area contributed by atoms with Crippen molar-refractivity contribution in [1.29, 1.82) is 0 Å². The first-order valence-electron chi connectivity index (χ1n) is 25.0. The van der Waals surface area contributed by atoms with Gasteiger partial charge in [0.25, 0.3) is 0 Å². The third-order valence-corrected chi connectivity index (χ3v) is 17.2. The average Bonchev–Trinajstić information content (AvgIpc) is 3.56. The predicted molar refractivity (Wildman–Crippen MR) is 235 cm³/mol. The number of ether oxygens (including phenoxy) is 3. The Labute approximate surface area is 355 Å². The van der Waals surface area contributed by atoms with Crippen LogP contribution in [0.5, 0.6) is 0 Å². The quantitative estimate of drug-likeness (QED) is 0.0506. The summed E-state index contributed by atoms with van der Waals surface area (Å²) in [6.07, 6.45) is 26.1. The van der Waals surface area contributed by atoms with Crippen LogP contribution in [0.3, 0.4) is 0 Å². The van der Waals surface area contributed by atoms with E-state index in [1.165, 1.54) is 115 Å². The third kappa shape index (κ3) is 11.9. The molecule has 1 saturated heterocycles. The van der Waals surface area contributed by atoms with E-state index in [2.05, 4.69) is 54.5 Å². The zero-order valence-electron chi connectivity index (χ0n) is 38.4. The summed E-state index contributed by atoms with van der Waals surface area (Å²) in [4.78, 5) is 12.6. The van der Waals surface area contributed by atoms with Crippen LogP contribution in [-0.4, -0.2) is 64.7 Å². The Bertz CT molecular complexity index is 1250. The lowest BCUT2D eigenvalue weighted by Gasteiger charge is -2.58. The molecule has 0 aromatic carbocycles. The van der Waals surface area contributed by atoms with Gasteiger partial charge in [-0.25, -0.2) is 0 Å². The van der Waals surface area contributed by atoms with E-state index < -0.39 is 30.7 Å². The lowest BCUT2D eigenvalue weighted by molar-refractivity contribution is -0.313. The van der Waals surface area contributed by atoms with E-state index in [-0.39, 0.29) is 24.1 Å². The molecule has 5 rings (SSSR count). The van der Waals surface area contributed by atoms with Crippen molar-refractivity contribution in [3.05, 3.63) is 11.6 Å². The fourth-order valence-corrected chi connectivity index (χ4v) is 13.3. The summed E-state index contributed by atoms with van der Waals surface area (Å²) < 4.78 is 18.0. The van der Waals surface area contributed by atoms with Gasteiger partial charge in [-0.15, -0.1) is 0 Å². The Morgan fingerprint density at radius 3 is 2.09 bits per heavy atom. The second-order valence-electron chi connectivity index (χ2n) is 21.1. The number of fused-ring (bicyclic) bond motifs is 5. The maximum Gasteiger partial charge on any atom is 0.305 e. The van der Waals surface area contributed by atoms with Gasteiger partial charge in [-0.3, -0.25) is 4.79 Å². The molecule has 7 nitrogen and oxygen atoms in total. The van der Waals surface area contributed by atoms with Gasteiger partial charge in [0.1, 0.15) is 31.0 Å². The number of esters is 1. The summed E-state index contributed by atoms with van der Waals surface area (Å²) in [5.41, 5.74) is 2.13. The second-order valence-corrected chi connectivity index (χ2v) is 21.1. The minimum atomic E-state index is -1.44. The highest BCUT2D eigenvalue weighted by atomic mass is 16.7. The second kappa shape index (κ2) is 22.9. The highest BCUT2D eigenvalue weighted by Gasteiger charge is 2.59. The highest BCUT2D eigenvalue weighted by molar-refractivity contribution is 5.69. The van der Waals surface area contributed by atoms with Crippen LogP contribution < -0.4 is 0 Å². The molecular weight excluding hydrogens is 725 g/mol. The molecule has 1 unspecified atom stereocenters. The summed E-state index contributed by atoms with van der Waals surface area (Å²) in [7, 11) is 0. The zero-order valence-corrected chi connectivity index (χ0v) is 38.4. The number of aliphatic hydroxyl groups excluding tert-OH is 3. The van der Waals surface area contributed by atoms with Gasteiger partial charge >= 0.3 is 5.97 Å². The molecule has 3 saturated carbocycles. The molecule has 4 aliphatic carbocycles. The molecule has 4 fully saturated rings. The molecule has 58 heavy (non-hydrogen) atoms. The molecule has 336 valence electrons. The van der Waals surface area contributed by atoms with Gasteiger partial charge in [-0.2, -0.15) is 0 Å². The summed E-state index contributed by atoms with van der Waals surface area (Å²) in [5.74, 6) is 5.24. The summed E-state index contributed by atoms with van der Waals surface area (Å²) in [6.45, 7) is 17.0. The first-order valence-corrected chi connectivity index (χ1v) is 25.0. The van der Waals surface area contributed by atoms with Gasteiger partial charge in [0, 0.05) is 6.42 Å². The maximum absolute atomic E-state index is 12.6. The molecule has 0 aromatic rings. The first kappa shape index (κ1) is 48.0. The van der Waals surface area contributed by atoms with Gasteiger partial charge in [0.15, 0.2) is 6.29 Å². The van der Waals surface area contributed by atoms with E-state index in [1.807, 2.05) is 0 Å². The minimum absolute atomic E-state index is 0.139. The minimum Gasteiger partial charge on any atom is -0.463 e. The van der Waals surface area contributed by atoms with Crippen LogP contribution in [0.4, 0.5) is 0 Å². The fourth-order valence-electron chi connectivity index (χ4n) is 13.3. The zero-order chi connectivity index (χ0) is 41.9.